The first-order valence-corrected chi connectivity index (χ1v) is 14.0. The van der Waals surface area contributed by atoms with Gasteiger partial charge in [-0.3, -0.25) is 9.69 Å². The van der Waals surface area contributed by atoms with E-state index in [-0.39, 0.29) is 0 Å². The van der Waals surface area contributed by atoms with Crippen molar-refractivity contribution >= 4 is 5.97 Å². The van der Waals surface area contributed by atoms with E-state index in [9.17, 15) is 9.90 Å². The predicted molar refractivity (Wildman–Crippen MR) is 161 cm³/mol. The zero-order valence-electron chi connectivity index (χ0n) is 23.6. The highest BCUT2D eigenvalue weighted by Gasteiger charge is 2.17. The standard InChI is InChI=1S/C35H40N2O3/c1-26-9-7-11-28(21-26)17-18-30-13-3-4-14-31(30)23-37(20-19-33(36)35(38)39)24-32-15-5-6-16-34(32)40-25-29-12-8-10-27(2)22-29/h3-16,21-22,33H,17-20,23-25,36H2,1-2H3,(H,38,39). The molecule has 0 aliphatic carbocycles. The van der Waals surface area contributed by atoms with Crippen LogP contribution in [0.4, 0.5) is 0 Å². The third kappa shape index (κ3) is 8.80. The first-order chi connectivity index (χ1) is 19.4. The van der Waals surface area contributed by atoms with E-state index in [0.717, 1.165) is 29.7 Å². The van der Waals surface area contributed by atoms with Crippen LogP contribution in [0.25, 0.3) is 0 Å². The molecule has 0 aliphatic rings. The van der Waals surface area contributed by atoms with Crippen LogP contribution in [0.2, 0.25) is 0 Å². The van der Waals surface area contributed by atoms with Crippen LogP contribution in [0.15, 0.2) is 97.1 Å². The van der Waals surface area contributed by atoms with Gasteiger partial charge in [-0.1, -0.05) is 102 Å². The SMILES string of the molecule is Cc1cccc(CCc2ccccc2CN(CCC(N)C(=O)O)Cc2ccccc2OCc2cccc(C)c2)c1. The molecule has 5 heteroatoms. The van der Waals surface area contributed by atoms with Crippen molar-refractivity contribution in [3.05, 3.63) is 136 Å². The Morgan fingerprint density at radius 1 is 0.775 bits per heavy atom. The minimum atomic E-state index is -0.972. The maximum absolute atomic E-state index is 11.5. The zero-order valence-corrected chi connectivity index (χ0v) is 23.6. The van der Waals surface area contributed by atoms with E-state index in [1.807, 2.05) is 24.3 Å². The Balaban J connectivity index is 1.51. The number of para-hydroxylation sites is 1. The molecule has 4 aromatic rings. The molecule has 208 valence electrons. The molecule has 0 aromatic heterocycles. The predicted octanol–water partition coefficient (Wildman–Crippen LogP) is 6.47. The van der Waals surface area contributed by atoms with E-state index in [0.29, 0.717) is 32.7 Å². The lowest BCUT2D eigenvalue weighted by Crippen LogP contribution is -2.35. The van der Waals surface area contributed by atoms with Gasteiger partial charge in [-0.2, -0.15) is 0 Å². The number of carboxylic acids is 1. The molecule has 4 aromatic carbocycles. The van der Waals surface area contributed by atoms with Crippen molar-refractivity contribution in [3.8, 4) is 5.75 Å². The van der Waals surface area contributed by atoms with Crippen molar-refractivity contribution in [2.45, 2.75) is 58.8 Å². The maximum Gasteiger partial charge on any atom is 0.320 e. The summed E-state index contributed by atoms with van der Waals surface area (Å²) in [7, 11) is 0. The van der Waals surface area contributed by atoms with Gasteiger partial charge in [0.05, 0.1) is 0 Å². The van der Waals surface area contributed by atoms with Crippen LogP contribution in [-0.2, 0) is 37.3 Å². The monoisotopic (exact) mass is 536 g/mol. The molecule has 0 bridgehead atoms. The summed E-state index contributed by atoms with van der Waals surface area (Å²) in [6.45, 7) is 6.58. The van der Waals surface area contributed by atoms with Gasteiger partial charge in [0.15, 0.2) is 0 Å². The van der Waals surface area contributed by atoms with Crippen LogP contribution in [0.3, 0.4) is 0 Å². The minimum Gasteiger partial charge on any atom is -0.489 e. The first-order valence-electron chi connectivity index (χ1n) is 14.0. The number of carbonyl (C=O) groups is 1. The number of hydrogen-bond donors (Lipinski definition) is 2. The van der Waals surface area contributed by atoms with Crippen LogP contribution >= 0.6 is 0 Å². The Labute approximate surface area is 238 Å². The van der Waals surface area contributed by atoms with Gasteiger partial charge in [-0.25, -0.2) is 0 Å². The Kier molecular flexibility index (Phi) is 10.5. The lowest BCUT2D eigenvalue weighted by Gasteiger charge is -2.26. The van der Waals surface area contributed by atoms with Crippen molar-refractivity contribution in [1.82, 2.24) is 4.90 Å². The van der Waals surface area contributed by atoms with Crippen molar-refractivity contribution in [3.63, 3.8) is 0 Å². The van der Waals surface area contributed by atoms with E-state index in [4.69, 9.17) is 10.5 Å². The van der Waals surface area contributed by atoms with Gasteiger partial charge in [0.1, 0.15) is 18.4 Å². The van der Waals surface area contributed by atoms with Crippen LogP contribution in [-0.4, -0.2) is 28.6 Å². The van der Waals surface area contributed by atoms with E-state index in [1.165, 1.54) is 27.8 Å². The lowest BCUT2D eigenvalue weighted by atomic mass is 9.98. The van der Waals surface area contributed by atoms with Crippen molar-refractivity contribution in [2.24, 2.45) is 5.73 Å². The Bertz CT molecular complexity index is 1310. The Hall–Kier alpha value is -3.93. The fourth-order valence-electron chi connectivity index (χ4n) is 4.98. The fourth-order valence-corrected chi connectivity index (χ4v) is 4.98. The molecular weight excluding hydrogens is 496 g/mol. The summed E-state index contributed by atoms with van der Waals surface area (Å²) in [5.74, 6) is -0.135. The molecule has 0 heterocycles. The van der Waals surface area contributed by atoms with E-state index in [2.05, 4.69) is 91.5 Å². The third-order valence-electron chi connectivity index (χ3n) is 7.19. The highest BCUT2D eigenvalue weighted by atomic mass is 16.5. The van der Waals surface area contributed by atoms with Gasteiger partial charge in [0.2, 0.25) is 0 Å². The summed E-state index contributed by atoms with van der Waals surface area (Å²) in [6.07, 6.45) is 2.28. The van der Waals surface area contributed by atoms with E-state index < -0.39 is 12.0 Å². The Morgan fingerprint density at radius 3 is 2.08 bits per heavy atom. The molecule has 5 nitrogen and oxygen atoms in total. The van der Waals surface area contributed by atoms with Crippen LogP contribution in [0.5, 0.6) is 5.75 Å². The topological polar surface area (TPSA) is 75.8 Å². The van der Waals surface area contributed by atoms with Gasteiger partial charge >= 0.3 is 5.97 Å². The molecule has 0 spiro atoms. The number of benzene rings is 4. The van der Waals surface area contributed by atoms with E-state index >= 15 is 0 Å². The van der Waals surface area contributed by atoms with Gasteiger partial charge in [0.25, 0.3) is 0 Å². The average Bonchev–Trinajstić information content (AvgIpc) is 2.95. The number of nitrogens with two attached hydrogens (primary N) is 1. The number of ether oxygens (including phenoxy) is 1. The van der Waals surface area contributed by atoms with Crippen molar-refractivity contribution in [1.29, 1.82) is 0 Å². The number of aryl methyl sites for hydroxylation is 4. The van der Waals surface area contributed by atoms with Crippen molar-refractivity contribution < 1.29 is 14.6 Å². The van der Waals surface area contributed by atoms with Gasteiger partial charge in [-0.15, -0.1) is 0 Å². The summed E-state index contributed by atoms with van der Waals surface area (Å²) < 4.78 is 6.27. The molecule has 1 unspecified atom stereocenters. The van der Waals surface area contributed by atoms with E-state index in [1.54, 1.807) is 0 Å². The number of nitrogens with zero attached hydrogens (tertiary/aromatic N) is 1. The molecule has 0 fully saturated rings. The smallest absolute Gasteiger partial charge is 0.320 e. The van der Waals surface area contributed by atoms with Crippen LogP contribution < -0.4 is 10.5 Å². The molecular formula is C35H40N2O3. The quantitative estimate of drug-likeness (QED) is 0.193. The molecule has 1 atom stereocenters. The van der Waals surface area contributed by atoms with Gasteiger partial charge in [0, 0.05) is 25.2 Å². The molecule has 0 saturated heterocycles. The summed E-state index contributed by atoms with van der Waals surface area (Å²) in [4.78, 5) is 13.7. The van der Waals surface area contributed by atoms with Gasteiger partial charge in [-0.05, 0) is 61.4 Å². The molecule has 0 saturated carbocycles. The second-order valence-corrected chi connectivity index (χ2v) is 10.6. The number of aliphatic carboxylic acids is 1. The van der Waals surface area contributed by atoms with Crippen LogP contribution in [0, 0.1) is 13.8 Å². The number of rotatable bonds is 14. The summed E-state index contributed by atoms with van der Waals surface area (Å²) in [5, 5.41) is 9.39. The number of hydrogen-bond acceptors (Lipinski definition) is 4. The normalized spacial score (nSPS) is 11.9. The zero-order chi connectivity index (χ0) is 28.3. The second-order valence-electron chi connectivity index (χ2n) is 10.6. The second kappa shape index (κ2) is 14.5. The fraction of sp³-hybridized carbons (Fsp3) is 0.286. The largest absolute Gasteiger partial charge is 0.489 e. The molecule has 0 aliphatic heterocycles. The summed E-state index contributed by atoms with van der Waals surface area (Å²) >= 11 is 0. The molecule has 0 amide bonds. The molecule has 0 radical (unpaired) electrons. The maximum atomic E-state index is 11.5. The summed E-state index contributed by atoms with van der Waals surface area (Å²) in [6, 6.07) is 32.7. The van der Waals surface area contributed by atoms with Crippen LogP contribution in [0.1, 0.15) is 45.4 Å². The molecule has 40 heavy (non-hydrogen) atoms. The average molecular weight is 537 g/mol. The Morgan fingerprint density at radius 2 is 1.38 bits per heavy atom. The lowest BCUT2D eigenvalue weighted by molar-refractivity contribution is -0.138. The summed E-state index contributed by atoms with van der Waals surface area (Å²) in [5.41, 5.74) is 14.5. The number of carboxylic acid groups (broad SMARTS) is 1. The third-order valence-corrected chi connectivity index (χ3v) is 7.19. The highest BCUT2D eigenvalue weighted by Crippen LogP contribution is 2.24. The van der Waals surface area contributed by atoms with Crippen molar-refractivity contribution in [2.75, 3.05) is 6.54 Å². The molecule has 4 rings (SSSR count). The van der Waals surface area contributed by atoms with Gasteiger partial charge < -0.3 is 15.6 Å². The first kappa shape index (κ1) is 29.1. The minimum absolute atomic E-state index is 0.368. The highest BCUT2D eigenvalue weighted by molar-refractivity contribution is 5.73. The molecule has 3 N–H and O–H groups in total.